The Labute approximate surface area is 90.8 Å². The van der Waals surface area contributed by atoms with Gasteiger partial charge in [-0.15, -0.1) is 0 Å². The predicted octanol–water partition coefficient (Wildman–Crippen LogP) is 3.13. The van der Waals surface area contributed by atoms with Gasteiger partial charge in [-0.1, -0.05) is 23.2 Å². The first-order valence-electron chi connectivity index (χ1n) is 3.98. The van der Waals surface area contributed by atoms with Crippen molar-refractivity contribution in [3.05, 3.63) is 33.8 Å². The number of hydrogen-bond donors (Lipinski definition) is 1. The van der Waals surface area contributed by atoms with Crippen LogP contribution >= 0.6 is 23.2 Å². The van der Waals surface area contributed by atoms with E-state index in [-0.39, 0.29) is 6.42 Å². The van der Waals surface area contributed by atoms with Crippen LogP contribution in [0.15, 0.2) is 18.2 Å². The summed E-state index contributed by atoms with van der Waals surface area (Å²) in [5.74, 6) is 0. The van der Waals surface area contributed by atoms with Gasteiger partial charge in [0, 0.05) is 10.0 Å². The molecule has 14 heavy (non-hydrogen) atoms. The topological polar surface area (TPSA) is 26.0 Å². The van der Waals surface area contributed by atoms with Crippen LogP contribution in [-0.2, 0) is 6.42 Å². The van der Waals surface area contributed by atoms with Crippen molar-refractivity contribution in [2.24, 2.45) is 5.73 Å². The van der Waals surface area contributed by atoms with Gasteiger partial charge < -0.3 is 5.73 Å². The van der Waals surface area contributed by atoms with Crippen molar-refractivity contribution >= 4 is 23.2 Å². The van der Waals surface area contributed by atoms with Crippen molar-refractivity contribution < 1.29 is 8.78 Å². The van der Waals surface area contributed by atoms with Crippen LogP contribution in [-0.4, -0.2) is 12.5 Å². The molecule has 0 spiro atoms. The van der Waals surface area contributed by atoms with E-state index in [1.165, 1.54) is 0 Å². The van der Waals surface area contributed by atoms with Gasteiger partial charge in [0.15, 0.2) is 0 Å². The second kappa shape index (κ2) is 4.91. The fourth-order valence-electron chi connectivity index (χ4n) is 1.04. The molecular weight excluding hydrogens is 231 g/mol. The molecule has 0 aromatic heterocycles. The van der Waals surface area contributed by atoms with Crippen molar-refractivity contribution in [1.82, 2.24) is 0 Å². The summed E-state index contributed by atoms with van der Waals surface area (Å²) in [5.41, 5.74) is 5.76. The summed E-state index contributed by atoms with van der Waals surface area (Å²) in [6, 6.07) is 3.51. The standard InChI is InChI=1S/C9H9Cl2F2N/c10-6-1-2-7(11)5(3-6)4-8(14)9(12)13/h1-3,8-9H,4,14H2. The Morgan fingerprint density at radius 3 is 2.50 bits per heavy atom. The van der Waals surface area contributed by atoms with E-state index in [2.05, 4.69) is 0 Å². The minimum Gasteiger partial charge on any atom is -0.323 e. The van der Waals surface area contributed by atoms with Crippen molar-refractivity contribution in [2.45, 2.75) is 18.9 Å². The average Bonchev–Trinajstić information content (AvgIpc) is 2.11. The SMILES string of the molecule is NC(Cc1cc(Cl)ccc1Cl)C(F)F. The maximum absolute atomic E-state index is 12.1. The highest BCUT2D eigenvalue weighted by atomic mass is 35.5. The lowest BCUT2D eigenvalue weighted by molar-refractivity contribution is 0.116. The lowest BCUT2D eigenvalue weighted by atomic mass is 10.1. The predicted molar refractivity (Wildman–Crippen MR) is 54.1 cm³/mol. The minimum atomic E-state index is -2.55. The molecule has 78 valence electrons. The van der Waals surface area contributed by atoms with Gasteiger partial charge in [0.2, 0.25) is 0 Å². The molecule has 1 unspecified atom stereocenters. The van der Waals surface area contributed by atoms with Crippen molar-refractivity contribution in [2.75, 3.05) is 0 Å². The molecule has 0 radical (unpaired) electrons. The van der Waals surface area contributed by atoms with E-state index in [1.807, 2.05) is 0 Å². The Morgan fingerprint density at radius 1 is 1.29 bits per heavy atom. The molecular formula is C9H9Cl2F2N. The van der Waals surface area contributed by atoms with Crippen LogP contribution in [0.25, 0.3) is 0 Å². The molecule has 0 saturated heterocycles. The Morgan fingerprint density at radius 2 is 1.93 bits per heavy atom. The molecule has 0 saturated carbocycles. The molecule has 5 heteroatoms. The summed E-state index contributed by atoms with van der Waals surface area (Å²) < 4.78 is 24.3. The van der Waals surface area contributed by atoms with Gasteiger partial charge in [0.1, 0.15) is 0 Å². The molecule has 0 aliphatic carbocycles. The smallest absolute Gasteiger partial charge is 0.253 e. The van der Waals surface area contributed by atoms with Gasteiger partial charge >= 0.3 is 0 Å². The number of nitrogens with two attached hydrogens (primary N) is 1. The van der Waals surface area contributed by atoms with E-state index in [1.54, 1.807) is 18.2 Å². The zero-order valence-electron chi connectivity index (χ0n) is 7.18. The molecule has 2 N–H and O–H groups in total. The highest BCUT2D eigenvalue weighted by molar-refractivity contribution is 6.33. The molecule has 0 fully saturated rings. The van der Waals surface area contributed by atoms with Crippen molar-refractivity contribution in [3.8, 4) is 0 Å². The molecule has 1 aromatic carbocycles. The van der Waals surface area contributed by atoms with E-state index in [4.69, 9.17) is 28.9 Å². The molecule has 1 rings (SSSR count). The second-order valence-corrected chi connectivity index (χ2v) is 3.78. The van der Waals surface area contributed by atoms with Crippen LogP contribution in [0.3, 0.4) is 0 Å². The summed E-state index contributed by atoms with van der Waals surface area (Å²) in [6.45, 7) is 0. The largest absolute Gasteiger partial charge is 0.323 e. The first-order valence-corrected chi connectivity index (χ1v) is 4.74. The van der Waals surface area contributed by atoms with Crippen molar-refractivity contribution in [3.63, 3.8) is 0 Å². The second-order valence-electron chi connectivity index (χ2n) is 2.94. The number of benzene rings is 1. The molecule has 1 atom stereocenters. The van der Waals surface area contributed by atoms with E-state index >= 15 is 0 Å². The Hall–Kier alpha value is -0.380. The zero-order valence-corrected chi connectivity index (χ0v) is 8.69. The fourth-order valence-corrected chi connectivity index (χ4v) is 1.43. The van der Waals surface area contributed by atoms with Gasteiger partial charge in [0.25, 0.3) is 6.43 Å². The number of halogens is 4. The van der Waals surface area contributed by atoms with Gasteiger partial charge in [0.05, 0.1) is 6.04 Å². The summed E-state index contributed by atoms with van der Waals surface area (Å²) in [5, 5.41) is 0.872. The monoisotopic (exact) mass is 239 g/mol. The number of rotatable bonds is 3. The summed E-state index contributed by atoms with van der Waals surface area (Å²) in [7, 11) is 0. The summed E-state index contributed by atoms with van der Waals surface area (Å²) in [6.07, 6.45) is -2.53. The lowest BCUT2D eigenvalue weighted by Gasteiger charge is -2.11. The molecule has 0 bridgehead atoms. The highest BCUT2D eigenvalue weighted by Gasteiger charge is 2.16. The molecule has 0 heterocycles. The van der Waals surface area contributed by atoms with Crippen LogP contribution in [0, 0.1) is 0 Å². The lowest BCUT2D eigenvalue weighted by Crippen LogP contribution is -2.30. The Kier molecular flexibility index (Phi) is 4.11. The summed E-state index contributed by atoms with van der Waals surface area (Å²) >= 11 is 11.5. The molecule has 0 amide bonds. The zero-order chi connectivity index (χ0) is 10.7. The summed E-state index contributed by atoms with van der Waals surface area (Å²) in [4.78, 5) is 0. The Balaban J connectivity index is 2.80. The van der Waals surface area contributed by atoms with Crippen LogP contribution in [0.2, 0.25) is 10.0 Å². The minimum absolute atomic E-state index is 0.0249. The first kappa shape index (κ1) is 11.7. The van der Waals surface area contributed by atoms with Gasteiger partial charge in [-0.25, -0.2) is 8.78 Å². The number of alkyl halides is 2. The quantitative estimate of drug-likeness (QED) is 0.862. The molecule has 0 aliphatic rings. The first-order chi connectivity index (χ1) is 6.50. The van der Waals surface area contributed by atoms with Gasteiger partial charge in [-0.2, -0.15) is 0 Å². The van der Waals surface area contributed by atoms with Gasteiger partial charge in [-0.05, 0) is 30.2 Å². The van der Waals surface area contributed by atoms with Crippen LogP contribution in [0.1, 0.15) is 5.56 Å². The third-order valence-electron chi connectivity index (χ3n) is 1.79. The van der Waals surface area contributed by atoms with Gasteiger partial charge in [-0.3, -0.25) is 0 Å². The molecule has 1 aromatic rings. The van der Waals surface area contributed by atoms with Crippen LogP contribution in [0.5, 0.6) is 0 Å². The fraction of sp³-hybridized carbons (Fsp3) is 0.333. The molecule has 0 aliphatic heterocycles. The van der Waals surface area contributed by atoms with E-state index < -0.39 is 12.5 Å². The third kappa shape index (κ3) is 3.08. The normalized spacial score (nSPS) is 13.3. The van der Waals surface area contributed by atoms with Crippen LogP contribution < -0.4 is 5.73 Å². The maximum Gasteiger partial charge on any atom is 0.253 e. The number of hydrogen-bond acceptors (Lipinski definition) is 1. The average molecular weight is 240 g/mol. The third-order valence-corrected chi connectivity index (χ3v) is 2.39. The molecule has 1 nitrogen and oxygen atoms in total. The van der Waals surface area contributed by atoms with Crippen LogP contribution in [0.4, 0.5) is 8.78 Å². The maximum atomic E-state index is 12.1. The highest BCUT2D eigenvalue weighted by Crippen LogP contribution is 2.22. The van der Waals surface area contributed by atoms with Crippen molar-refractivity contribution in [1.29, 1.82) is 0 Å². The van der Waals surface area contributed by atoms with E-state index in [9.17, 15) is 8.78 Å². The van der Waals surface area contributed by atoms with E-state index in [0.29, 0.717) is 15.6 Å². The van der Waals surface area contributed by atoms with E-state index in [0.717, 1.165) is 0 Å². The Bertz CT molecular complexity index is 318.